The molecule has 14 heavy (non-hydrogen) atoms. The van der Waals surface area contributed by atoms with E-state index in [1.54, 1.807) is 18.1 Å². The van der Waals surface area contributed by atoms with Gasteiger partial charge in [-0.3, -0.25) is 0 Å². The molecule has 6 heteroatoms. The maximum absolute atomic E-state index is 5.07. The third kappa shape index (κ3) is 1.95. The van der Waals surface area contributed by atoms with Crippen LogP contribution in [-0.4, -0.2) is 19.9 Å². The van der Waals surface area contributed by atoms with E-state index in [1.165, 1.54) is 0 Å². The van der Waals surface area contributed by atoms with Gasteiger partial charge in [0.15, 0.2) is 5.16 Å². The Morgan fingerprint density at radius 1 is 1.57 bits per heavy atom. The average Bonchev–Trinajstić information content (AvgIpc) is 2.72. The van der Waals surface area contributed by atoms with Crippen LogP contribution in [0.5, 0.6) is 0 Å². The third-order valence-corrected chi connectivity index (χ3v) is 2.75. The lowest BCUT2D eigenvalue weighted by molar-refractivity contribution is 0.391. The van der Waals surface area contributed by atoms with Crippen LogP contribution in [0.15, 0.2) is 22.1 Å². The molecule has 0 fully saturated rings. The predicted molar refractivity (Wildman–Crippen MR) is 51.8 cm³/mol. The third-order valence-electron chi connectivity index (χ3n) is 1.69. The van der Waals surface area contributed by atoms with Crippen molar-refractivity contribution in [3.63, 3.8) is 0 Å². The van der Waals surface area contributed by atoms with Crippen molar-refractivity contribution in [2.24, 2.45) is 7.05 Å². The fourth-order valence-corrected chi connectivity index (χ4v) is 1.79. The summed E-state index contributed by atoms with van der Waals surface area (Å²) < 4.78 is 6.94. The molecule has 0 unspecified atom stereocenters. The summed E-state index contributed by atoms with van der Waals surface area (Å²) in [7, 11) is 1.91. The highest BCUT2D eigenvalue weighted by Crippen LogP contribution is 2.19. The number of nitrogens with zero attached hydrogens (tertiary/aromatic N) is 4. The lowest BCUT2D eigenvalue weighted by Gasteiger charge is -1.95. The van der Waals surface area contributed by atoms with Crippen LogP contribution in [0.2, 0.25) is 0 Å². The lowest BCUT2D eigenvalue weighted by Crippen LogP contribution is -1.88. The fraction of sp³-hybridized carbons (Fsp3) is 0.375. The quantitative estimate of drug-likeness (QED) is 0.717. The highest BCUT2D eigenvalue weighted by molar-refractivity contribution is 7.98. The molecule has 74 valence electrons. The Labute approximate surface area is 85.5 Å². The van der Waals surface area contributed by atoms with Crippen molar-refractivity contribution >= 4 is 11.8 Å². The van der Waals surface area contributed by atoms with Crippen molar-refractivity contribution in [1.82, 2.24) is 19.9 Å². The molecular weight excluding hydrogens is 200 g/mol. The molecule has 2 rings (SSSR count). The smallest absolute Gasteiger partial charge is 0.191 e. The second-order valence-corrected chi connectivity index (χ2v) is 3.89. The minimum absolute atomic E-state index is 0.730. The van der Waals surface area contributed by atoms with Gasteiger partial charge in [-0.1, -0.05) is 16.9 Å². The number of thioether (sulfide) groups is 1. The average molecular weight is 210 g/mol. The maximum atomic E-state index is 5.07. The van der Waals surface area contributed by atoms with Crippen LogP contribution in [0.1, 0.15) is 11.5 Å². The van der Waals surface area contributed by atoms with Crippen LogP contribution in [0.25, 0.3) is 0 Å². The molecule has 0 aliphatic rings. The Balaban J connectivity index is 1.98. The maximum Gasteiger partial charge on any atom is 0.191 e. The number of rotatable bonds is 3. The SMILES string of the molecule is Cc1cc(CSc2nncn2C)on1. The van der Waals surface area contributed by atoms with Crippen LogP contribution >= 0.6 is 11.8 Å². The molecule has 0 bridgehead atoms. The van der Waals surface area contributed by atoms with Gasteiger partial charge < -0.3 is 9.09 Å². The van der Waals surface area contributed by atoms with Gasteiger partial charge in [-0.2, -0.15) is 0 Å². The lowest BCUT2D eigenvalue weighted by atomic mass is 10.4. The van der Waals surface area contributed by atoms with Gasteiger partial charge in [0.05, 0.1) is 11.4 Å². The molecular formula is C8H10N4OS. The molecule has 0 radical (unpaired) electrons. The highest BCUT2D eigenvalue weighted by Gasteiger charge is 2.05. The minimum Gasteiger partial charge on any atom is -0.360 e. The van der Waals surface area contributed by atoms with E-state index in [-0.39, 0.29) is 0 Å². The van der Waals surface area contributed by atoms with E-state index in [4.69, 9.17) is 4.52 Å². The molecule has 0 spiro atoms. The fourth-order valence-electron chi connectivity index (χ4n) is 1.02. The van der Waals surface area contributed by atoms with Crippen molar-refractivity contribution in [3.8, 4) is 0 Å². The van der Waals surface area contributed by atoms with Crippen molar-refractivity contribution in [2.75, 3.05) is 0 Å². The molecule has 0 atom stereocenters. The first-order chi connectivity index (χ1) is 6.75. The van der Waals surface area contributed by atoms with Crippen LogP contribution in [0.4, 0.5) is 0 Å². The topological polar surface area (TPSA) is 56.7 Å². The van der Waals surface area contributed by atoms with Crippen LogP contribution in [-0.2, 0) is 12.8 Å². The Morgan fingerprint density at radius 2 is 2.43 bits per heavy atom. The van der Waals surface area contributed by atoms with E-state index in [2.05, 4.69) is 15.4 Å². The summed E-state index contributed by atoms with van der Waals surface area (Å²) in [6.45, 7) is 1.90. The molecule has 0 aliphatic carbocycles. The van der Waals surface area contributed by atoms with Crippen molar-refractivity contribution < 1.29 is 4.52 Å². The number of aryl methyl sites for hydroxylation is 2. The molecule has 2 aromatic heterocycles. The molecule has 2 aromatic rings. The standard InChI is InChI=1S/C8H10N4OS/c1-6-3-7(13-11-6)4-14-8-10-9-5-12(8)2/h3,5H,4H2,1-2H3. The van der Waals surface area contributed by atoms with Crippen molar-refractivity contribution in [1.29, 1.82) is 0 Å². The van der Waals surface area contributed by atoms with Gasteiger partial charge in [0.2, 0.25) is 0 Å². The zero-order valence-corrected chi connectivity index (χ0v) is 8.78. The first kappa shape index (κ1) is 9.26. The predicted octanol–water partition coefficient (Wildman–Crippen LogP) is 1.40. The number of hydrogen-bond donors (Lipinski definition) is 0. The summed E-state index contributed by atoms with van der Waals surface area (Å²) >= 11 is 1.58. The van der Waals surface area contributed by atoms with E-state index >= 15 is 0 Å². The second-order valence-electron chi connectivity index (χ2n) is 2.95. The van der Waals surface area contributed by atoms with E-state index in [9.17, 15) is 0 Å². The number of hydrogen-bond acceptors (Lipinski definition) is 5. The molecule has 0 saturated heterocycles. The summed E-state index contributed by atoms with van der Waals surface area (Å²) in [4.78, 5) is 0. The van der Waals surface area contributed by atoms with Gasteiger partial charge in [0.1, 0.15) is 12.1 Å². The number of aromatic nitrogens is 4. The van der Waals surface area contributed by atoms with Gasteiger partial charge in [0, 0.05) is 13.1 Å². The van der Waals surface area contributed by atoms with Crippen LogP contribution in [0.3, 0.4) is 0 Å². The molecule has 0 amide bonds. The first-order valence-electron chi connectivity index (χ1n) is 4.14. The van der Waals surface area contributed by atoms with Crippen LogP contribution < -0.4 is 0 Å². The second kappa shape index (κ2) is 3.83. The minimum atomic E-state index is 0.730. The highest BCUT2D eigenvalue weighted by atomic mass is 32.2. The largest absolute Gasteiger partial charge is 0.360 e. The summed E-state index contributed by atoms with van der Waals surface area (Å²) in [5.74, 6) is 1.59. The van der Waals surface area contributed by atoms with E-state index in [1.807, 2.05) is 24.6 Å². The summed E-state index contributed by atoms with van der Waals surface area (Å²) in [6, 6.07) is 1.92. The van der Waals surface area contributed by atoms with Gasteiger partial charge in [-0.15, -0.1) is 10.2 Å². The Morgan fingerprint density at radius 3 is 3.00 bits per heavy atom. The van der Waals surface area contributed by atoms with Crippen LogP contribution in [0, 0.1) is 6.92 Å². The monoisotopic (exact) mass is 210 g/mol. The molecule has 0 aromatic carbocycles. The Bertz CT molecular complexity index is 422. The summed E-state index contributed by atoms with van der Waals surface area (Å²) in [6.07, 6.45) is 1.67. The van der Waals surface area contributed by atoms with Crippen molar-refractivity contribution in [2.45, 2.75) is 17.8 Å². The molecule has 0 aliphatic heterocycles. The van der Waals surface area contributed by atoms with Crippen molar-refractivity contribution in [3.05, 3.63) is 23.8 Å². The molecule has 0 N–H and O–H groups in total. The zero-order chi connectivity index (χ0) is 9.97. The summed E-state index contributed by atoms with van der Waals surface area (Å²) in [5, 5.41) is 12.4. The van der Waals surface area contributed by atoms with E-state index < -0.39 is 0 Å². The van der Waals surface area contributed by atoms with Gasteiger partial charge >= 0.3 is 0 Å². The van der Waals surface area contributed by atoms with Gasteiger partial charge in [-0.05, 0) is 6.92 Å². The molecule has 2 heterocycles. The molecule has 0 saturated carbocycles. The normalized spacial score (nSPS) is 10.7. The first-order valence-corrected chi connectivity index (χ1v) is 5.13. The van der Waals surface area contributed by atoms with E-state index in [0.717, 1.165) is 22.4 Å². The zero-order valence-electron chi connectivity index (χ0n) is 7.97. The summed E-state index contributed by atoms with van der Waals surface area (Å²) in [5.41, 5.74) is 0.901. The van der Waals surface area contributed by atoms with E-state index in [0.29, 0.717) is 0 Å². The Hall–Kier alpha value is -1.30. The van der Waals surface area contributed by atoms with Gasteiger partial charge in [0.25, 0.3) is 0 Å². The van der Waals surface area contributed by atoms with Gasteiger partial charge in [-0.25, -0.2) is 0 Å². The molecule has 5 nitrogen and oxygen atoms in total. The Kier molecular flexibility index (Phi) is 2.53.